The van der Waals surface area contributed by atoms with E-state index >= 15 is 0 Å². The third-order valence-electron chi connectivity index (χ3n) is 5.29. The normalized spacial score (nSPS) is 14.3. The zero-order chi connectivity index (χ0) is 24.2. The van der Waals surface area contributed by atoms with Crippen molar-refractivity contribution in [1.82, 2.24) is 5.43 Å². The number of nitrogens with one attached hydrogen (secondary N) is 1. The molecule has 0 spiro atoms. The average Bonchev–Trinajstić information content (AvgIpc) is 3.12. The number of anilines is 2. The summed E-state index contributed by atoms with van der Waals surface area (Å²) in [5, 5.41) is 10.4. The van der Waals surface area contributed by atoms with Crippen LogP contribution in [0.1, 0.15) is 21.5 Å². The molecule has 2 N–H and O–H groups in total. The van der Waals surface area contributed by atoms with Gasteiger partial charge in [0, 0.05) is 31.4 Å². The number of aromatic carboxylic acids is 1. The lowest BCUT2D eigenvalue weighted by Gasteiger charge is -2.16. The predicted octanol–water partition coefficient (Wildman–Crippen LogP) is 3.49. The van der Waals surface area contributed by atoms with Crippen LogP contribution in [-0.2, 0) is 16.2 Å². The first-order chi connectivity index (χ1) is 16.3. The summed E-state index contributed by atoms with van der Waals surface area (Å²) in [4.78, 5) is 38.7. The second-order valence-electron chi connectivity index (χ2n) is 7.89. The topological polar surface area (TPSA) is 99.2 Å². The van der Waals surface area contributed by atoms with E-state index in [1.54, 1.807) is 54.6 Å². The van der Waals surface area contributed by atoms with Gasteiger partial charge in [0.1, 0.15) is 17.9 Å². The third-order valence-corrected chi connectivity index (χ3v) is 5.29. The summed E-state index contributed by atoms with van der Waals surface area (Å²) in [7, 11) is 3.78. The zero-order valence-electron chi connectivity index (χ0n) is 18.7. The van der Waals surface area contributed by atoms with Gasteiger partial charge < -0.3 is 14.7 Å². The van der Waals surface area contributed by atoms with Gasteiger partial charge in [-0.25, -0.2) is 9.80 Å². The number of para-hydroxylation sites is 1. The highest BCUT2D eigenvalue weighted by molar-refractivity contribution is 6.31. The molecular weight excluding hydrogens is 434 g/mol. The molecule has 0 aromatic heterocycles. The zero-order valence-corrected chi connectivity index (χ0v) is 18.7. The second-order valence-corrected chi connectivity index (χ2v) is 7.89. The van der Waals surface area contributed by atoms with Crippen molar-refractivity contribution in [2.24, 2.45) is 0 Å². The van der Waals surface area contributed by atoms with Crippen LogP contribution < -0.4 is 20.1 Å². The first kappa shape index (κ1) is 22.6. The Morgan fingerprint density at radius 1 is 1.03 bits per heavy atom. The standard InChI is InChI=1S/C26H23N3O5/c1-28(2)21-12-11-18(23(15-21)34-16-17-7-6-8-19(13-17)26(32)33)14-22-24(30)27-29(25(22)31)20-9-4-3-5-10-20/h3-15H,16H2,1-2H3,(H,27,30)(H,32,33). The van der Waals surface area contributed by atoms with E-state index in [1.807, 2.05) is 31.1 Å². The highest BCUT2D eigenvalue weighted by atomic mass is 16.5. The van der Waals surface area contributed by atoms with Crippen LogP contribution in [0.5, 0.6) is 5.75 Å². The minimum atomic E-state index is -1.02. The molecular formula is C26H23N3O5. The molecule has 1 aliphatic heterocycles. The van der Waals surface area contributed by atoms with Crippen LogP contribution in [0, 0.1) is 0 Å². The first-order valence-corrected chi connectivity index (χ1v) is 10.5. The molecule has 8 heteroatoms. The maximum absolute atomic E-state index is 13.0. The molecule has 3 aromatic rings. The summed E-state index contributed by atoms with van der Waals surface area (Å²) in [5.41, 5.74) is 5.39. The lowest BCUT2D eigenvalue weighted by atomic mass is 10.1. The van der Waals surface area contributed by atoms with Gasteiger partial charge in [0.05, 0.1) is 11.3 Å². The van der Waals surface area contributed by atoms with Crippen molar-refractivity contribution in [2.45, 2.75) is 6.61 Å². The monoisotopic (exact) mass is 457 g/mol. The maximum Gasteiger partial charge on any atom is 0.335 e. The van der Waals surface area contributed by atoms with Gasteiger partial charge >= 0.3 is 5.97 Å². The van der Waals surface area contributed by atoms with Gasteiger partial charge in [-0.1, -0.05) is 30.3 Å². The molecule has 1 aliphatic rings. The summed E-state index contributed by atoms with van der Waals surface area (Å²) in [5.74, 6) is -1.53. The van der Waals surface area contributed by atoms with Crippen molar-refractivity contribution >= 4 is 35.2 Å². The molecule has 1 heterocycles. The van der Waals surface area contributed by atoms with Crippen LogP contribution in [0.2, 0.25) is 0 Å². The highest BCUT2D eigenvalue weighted by Gasteiger charge is 2.34. The number of nitrogens with zero attached hydrogens (tertiary/aromatic N) is 2. The number of ether oxygens (including phenoxy) is 1. The number of carbonyl (C=O) groups excluding carboxylic acids is 2. The third kappa shape index (κ3) is 4.75. The number of hydrazine groups is 1. The van der Waals surface area contributed by atoms with Crippen LogP contribution in [0.3, 0.4) is 0 Å². The number of benzene rings is 3. The molecule has 4 rings (SSSR count). The Labute approximate surface area is 196 Å². The molecule has 34 heavy (non-hydrogen) atoms. The van der Waals surface area contributed by atoms with E-state index in [0.29, 0.717) is 22.6 Å². The largest absolute Gasteiger partial charge is 0.488 e. The number of carboxylic acids is 1. The van der Waals surface area contributed by atoms with Crippen molar-refractivity contribution in [3.63, 3.8) is 0 Å². The van der Waals surface area contributed by atoms with Gasteiger partial charge in [-0.15, -0.1) is 0 Å². The Kier molecular flexibility index (Phi) is 6.31. The fourth-order valence-electron chi connectivity index (χ4n) is 3.47. The van der Waals surface area contributed by atoms with Gasteiger partial charge in [-0.05, 0) is 48.0 Å². The SMILES string of the molecule is CN(C)c1ccc(C=C2C(=O)NN(c3ccccc3)C2=O)c(OCc2cccc(C(=O)O)c2)c1. The molecule has 0 atom stereocenters. The van der Waals surface area contributed by atoms with E-state index in [2.05, 4.69) is 5.43 Å². The molecule has 3 aromatic carbocycles. The van der Waals surface area contributed by atoms with Crippen LogP contribution in [0.25, 0.3) is 6.08 Å². The minimum Gasteiger partial charge on any atom is -0.488 e. The number of amides is 2. The fraction of sp³-hybridized carbons (Fsp3) is 0.115. The Bertz CT molecular complexity index is 1280. The Morgan fingerprint density at radius 2 is 1.79 bits per heavy atom. The molecule has 0 unspecified atom stereocenters. The van der Waals surface area contributed by atoms with Gasteiger partial charge in [0.25, 0.3) is 11.8 Å². The maximum atomic E-state index is 13.0. The Morgan fingerprint density at radius 3 is 2.50 bits per heavy atom. The molecule has 1 saturated heterocycles. The van der Waals surface area contributed by atoms with Crippen molar-refractivity contribution < 1.29 is 24.2 Å². The van der Waals surface area contributed by atoms with Crippen molar-refractivity contribution in [3.05, 3.63) is 95.1 Å². The van der Waals surface area contributed by atoms with Gasteiger partial charge in [0.15, 0.2) is 0 Å². The highest BCUT2D eigenvalue weighted by Crippen LogP contribution is 2.29. The molecule has 0 bridgehead atoms. The van der Waals surface area contributed by atoms with Crippen molar-refractivity contribution in [1.29, 1.82) is 0 Å². The van der Waals surface area contributed by atoms with Crippen molar-refractivity contribution in [2.75, 3.05) is 24.0 Å². The molecule has 2 amide bonds. The second kappa shape index (κ2) is 9.50. The van der Waals surface area contributed by atoms with Gasteiger partial charge in [-0.2, -0.15) is 0 Å². The minimum absolute atomic E-state index is 0.0146. The summed E-state index contributed by atoms with van der Waals surface area (Å²) >= 11 is 0. The summed E-state index contributed by atoms with van der Waals surface area (Å²) in [6, 6.07) is 20.8. The molecule has 1 fully saturated rings. The number of hydrogen-bond acceptors (Lipinski definition) is 5. The lowest BCUT2D eigenvalue weighted by Crippen LogP contribution is -2.35. The van der Waals surface area contributed by atoms with Gasteiger partial charge in [-0.3, -0.25) is 15.0 Å². The Balaban J connectivity index is 1.65. The first-order valence-electron chi connectivity index (χ1n) is 10.5. The fourth-order valence-corrected chi connectivity index (χ4v) is 3.47. The lowest BCUT2D eigenvalue weighted by molar-refractivity contribution is -0.117. The Hall–Kier alpha value is -4.59. The van der Waals surface area contributed by atoms with Crippen LogP contribution in [0.15, 0.2) is 78.4 Å². The molecule has 0 radical (unpaired) electrons. The van der Waals surface area contributed by atoms with Gasteiger partial charge in [0.2, 0.25) is 0 Å². The van der Waals surface area contributed by atoms with Crippen LogP contribution in [-0.4, -0.2) is 37.0 Å². The van der Waals surface area contributed by atoms with Crippen LogP contribution in [0.4, 0.5) is 11.4 Å². The molecule has 172 valence electrons. The average molecular weight is 457 g/mol. The molecule has 8 nitrogen and oxygen atoms in total. The summed E-state index contributed by atoms with van der Waals surface area (Å²) < 4.78 is 6.02. The van der Waals surface area contributed by atoms with Crippen LogP contribution >= 0.6 is 0 Å². The molecule has 0 saturated carbocycles. The van der Waals surface area contributed by atoms with E-state index in [9.17, 15) is 19.5 Å². The van der Waals surface area contributed by atoms with E-state index < -0.39 is 17.8 Å². The smallest absolute Gasteiger partial charge is 0.335 e. The van der Waals surface area contributed by atoms with E-state index in [0.717, 1.165) is 5.69 Å². The number of rotatable bonds is 7. The quantitative estimate of drug-likeness (QED) is 0.416. The van der Waals surface area contributed by atoms with E-state index in [1.165, 1.54) is 17.2 Å². The predicted molar refractivity (Wildman–Crippen MR) is 129 cm³/mol. The number of carboxylic acid groups (broad SMARTS) is 1. The number of hydrogen-bond donors (Lipinski definition) is 2. The van der Waals surface area contributed by atoms with E-state index in [4.69, 9.17) is 4.74 Å². The molecule has 0 aliphatic carbocycles. The van der Waals surface area contributed by atoms with Crippen molar-refractivity contribution in [3.8, 4) is 5.75 Å². The summed E-state index contributed by atoms with van der Waals surface area (Å²) in [6.07, 6.45) is 1.50. The number of carbonyl (C=O) groups is 3. The summed E-state index contributed by atoms with van der Waals surface area (Å²) in [6.45, 7) is 0.116. The van der Waals surface area contributed by atoms with E-state index in [-0.39, 0.29) is 17.7 Å².